The van der Waals surface area contributed by atoms with E-state index in [1.165, 1.54) is 31.0 Å². The van der Waals surface area contributed by atoms with Crippen molar-refractivity contribution in [2.45, 2.75) is 44.0 Å². The molecule has 1 fully saturated rings. The van der Waals surface area contributed by atoms with Gasteiger partial charge in [0.15, 0.2) is 0 Å². The minimum Gasteiger partial charge on any atom is -0.381 e. The van der Waals surface area contributed by atoms with E-state index in [-0.39, 0.29) is 5.91 Å². The van der Waals surface area contributed by atoms with Gasteiger partial charge < -0.3 is 11.1 Å². The molecule has 0 spiro atoms. The first-order chi connectivity index (χ1) is 9.54. The summed E-state index contributed by atoms with van der Waals surface area (Å²) in [5.74, 6) is 1.61. The summed E-state index contributed by atoms with van der Waals surface area (Å²) >= 11 is 1.51. The molecule has 1 amide bonds. The van der Waals surface area contributed by atoms with Crippen LogP contribution >= 0.6 is 11.8 Å². The lowest BCUT2D eigenvalue weighted by molar-refractivity contribution is -0.115. The highest BCUT2D eigenvalue weighted by Crippen LogP contribution is 2.33. The predicted molar refractivity (Wildman–Crippen MR) is 86.0 cm³/mol. The molecule has 1 aromatic carbocycles. The van der Waals surface area contributed by atoms with Crippen LogP contribution in [-0.2, 0) is 4.79 Å². The Hall–Kier alpha value is -1.16. The second-order valence-corrected chi connectivity index (χ2v) is 7.03. The number of carbonyl (C=O) groups is 1. The number of anilines is 1. The Balaban J connectivity index is 2.02. The van der Waals surface area contributed by atoms with E-state index in [4.69, 9.17) is 5.73 Å². The highest BCUT2D eigenvalue weighted by atomic mass is 32.2. The van der Waals surface area contributed by atoms with Gasteiger partial charge in [-0.1, -0.05) is 26.0 Å². The van der Waals surface area contributed by atoms with Crippen molar-refractivity contribution < 1.29 is 4.79 Å². The van der Waals surface area contributed by atoms with E-state index < -0.39 is 0 Å². The van der Waals surface area contributed by atoms with Gasteiger partial charge in [0.1, 0.15) is 0 Å². The van der Waals surface area contributed by atoms with Crippen molar-refractivity contribution in [1.29, 1.82) is 0 Å². The Morgan fingerprint density at radius 1 is 1.25 bits per heavy atom. The number of nitrogens with two attached hydrogens (primary N) is 1. The molecular formula is C16H24N2OS. The third-order valence-electron chi connectivity index (χ3n) is 3.80. The first-order valence-corrected chi connectivity index (χ1v) is 8.29. The van der Waals surface area contributed by atoms with Crippen LogP contribution < -0.4 is 11.1 Å². The van der Waals surface area contributed by atoms with Crippen molar-refractivity contribution in [3.63, 3.8) is 0 Å². The summed E-state index contributed by atoms with van der Waals surface area (Å²) in [6, 6.07) is 8.70. The molecule has 0 aromatic heterocycles. The Bertz CT molecular complexity index is 454. The maximum atomic E-state index is 10.9. The molecule has 1 aliphatic rings. The molecule has 2 atom stereocenters. The molecule has 3 N–H and O–H groups in total. The van der Waals surface area contributed by atoms with Crippen LogP contribution in [0.2, 0.25) is 0 Å². The van der Waals surface area contributed by atoms with Gasteiger partial charge in [-0.25, -0.2) is 0 Å². The lowest BCUT2D eigenvalue weighted by Gasteiger charge is -2.33. The van der Waals surface area contributed by atoms with Gasteiger partial charge in [-0.3, -0.25) is 4.79 Å². The summed E-state index contributed by atoms with van der Waals surface area (Å²) in [4.78, 5) is 12.0. The van der Waals surface area contributed by atoms with E-state index >= 15 is 0 Å². The third-order valence-corrected chi connectivity index (χ3v) is 4.89. The third kappa shape index (κ3) is 4.44. The summed E-state index contributed by atoms with van der Waals surface area (Å²) < 4.78 is 0. The minimum absolute atomic E-state index is 0.273. The second kappa shape index (κ2) is 7.02. The average molecular weight is 292 g/mol. The molecule has 0 aliphatic heterocycles. The zero-order chi connectivity index (χ0) is 14.5. The van der Waals surface area contributed by atoms with E-state index in [9.17, 15) is 4.79 Å². The van der Waals surface area contributed by atoms with Gasteiger partial charge in [0.05, 0.1) is 5.75 Å². The zero-order valence-corrected chi connectivity index (χ0v) is 13.1. The number of hydrogen-bond acceptors (Lipinski definition) is 3. The van der Waals surface area contributed by atoms with Gasteiger partial charge in [0.25, 0.3) is 0 Å². The maximum absolute atomic E-state index is 10.9. The highest BCUT2D eigenvalue weighted by molar-refractivity contribution is 8.00. The smallest absolute Gasteiger partial charge is 0.227 e. The maximum Gasteiger partial charge on any atom is 0.227 e. The fraction of sp³-hybridized carbons (Fsp3) is 0.562. The summed E-state index contributed by atoms with van der Waals surface area (Å²) in [7, 11) is 0. The normalized spacial score (nSPS) is 26.2. The fourth-order valence-electron chi connectivity index (χ4n) is 3.15. The molecule has 1 aromatic rings. The predicted octanol–water partition coefficient (Wildman–Crippen LogP) is 3.50. The Morgan fingerprint density at radius 3 is 2.55 bits per heavy atom. The number of benzene rings is 1. The number of thioether (sulfide) groups is 1. The molecular weight excluding hydrogens is 268 g/mol. The molecule has 20 heavy (non-hydrogen) atoms. The number of amides is 1. The second-order valence-electron chi connectivity index (χ2n) is 6.01. The van der Waals surface area contributed by atoms with Crippen molar-refractivity contribution in [3.8, 4) is 0 Å². The topological polar surface area (TPSA) is 55.1 Å². The van der Waals surface area contributed by atoms with E-state index in [2.05, 4.69) is 25.2 Å². The fourth-order valence-corrected chi connectivity index (χ4v) is 3.90. The number of rotatable bonds is 5. The van der Waals surface area contributed by atoms with Crippen molar-refractivity contribution in [3.05, 3.63) is 24.3 Å². The van der Waals surface area contributed by atoms with E-state index in [0.29, 0.717) is 11.8 Å². The van der Waals surface area contributed by atoms with Crippen LogP contribution in [0.15, 0.2) is 29.2 Å². The van der Waals surface area contributed by atoms with Crippen molar-refractivity contribution >= 4 is 23.4 Å². The summed E-state index contributed by atoms with van der Waals surface area (Å²) in [6.07, 6.45) is 3.77. The first kappa shape index (κ1) is 15.2. The largest absolute Gasteiger partial charge is 0.381 e. The summed E-state index contributed by atoms with van der Waals surface area (Å²) in [6.45, 7) is 4.66. The number of hydrogen-bond donors (Lipinski definition) is 2. The standard InChI is InChI=1S/C16H24N2OS/c1-11-7-12(2)9-13(8-11)18-14-5-3-4-6-15(14)20-10-16(17)19/h3-6,11-13,18H,7-10H2,1-2H3,(H2,17,19). The molecule has 0 heterocycles. The van der Waals surface area contributed by atoms with Crippen molar-refractivity contribution in [2.75, 3.05) is 11.1 Å². The van der Waals surface area contributed by atoms with Gasteiger partial charge in [0, 0.05) is 16.6 Å². The molecule has 4 heteroatoms. The molecule has 0 saturated heterocycles. The van der Waals surface area contributed by atoms with Crippen LogP contribution in [0.1, 0.15) is 33.1 Å². The highest BCUT2D eigenvalue weighted by Gasteiger charge is 2.24. The Labute approximate surface area is 125 Å². The SMILES string of the molecule is CC1CC(C)CC(Nc2ccccc2SCC(N)=O)C1. The molecule has 2 rings (SSSR count). The number of primary amides is 1. The average Bonchev–Trinajstić information content (AvgIpc) is 2.36. The van der Waals surface area contributed by atoms with Gasteiger partial charge in [-0.05, 0) is 43.2 Å². The molecule has 0 radical (unpaired) electrons. The van der Waals surface area contributed by atoms with Crippen LogP contribution in [-0.4, -0.2) is 17.7 Å². The minimum atomic E-state index is -0.273. The zero-order valence-electron chi connectivity index (χ0n) is 12.3. The van der Waals surface area contributed by atoms with Crippen LogP contribution in [0, 0.1) is 11.8 Å². The molecule has 2 unspecified atom stereocenters. The van der Waals surface area contributed by atoms with Crippen molar-refractivity contribution in [1.82, 2.24) is 0 Å². The molecule has 0 bridgehead atoms. The number of para-hydroxylation sites is 1. The monoisotopic (exact) mass is 292 g/mol. The number of nitrogens with one attached hydrogen (secondary N) is 1. The summed E-state index contributed by atoms with van der Waals surface area (Å²) in [5, 5.41) is 3.66. The Kier molecular flexibility index (Phi) is 5.35. The van der Waals surface area contributed by atoms with Crippen molar-refractivity contribution in [2.24, 2.45) is 17.6 Å². The Morgan fingerprint density at radius 2 is 1.90 bits per heavy atom. The molecule has 3 nitrogen and oxygen atoms in total. The lowest BCUT2D eigenvalue weighted by atomic mass is 9.80. The number of carbonyl (C=O) groups excluding carboxylic acids is 1. The van der Waals surface area contributed by atoms with Crippen LogP contribution in [0.4, 0.5) is 5.69 Å². The van der Waals surface area contributed by atoms with Crippen LogP contribution in [0.5, 0.6) is 0 Å². The quantitative estimate of drug-likeness (QED) is 0.817. The van der Waals surface area contributed by atoms with Gasteiger partial charge >= 0.3 is 0 Å². The van der Waals surface area contributed by atoms with Gasteiger partial charge in [0.2, 0.25) is 5.91 Å². The summed E-state index contributed by atoms with van der Waals surface area (Å²) in [5.41, 5.74) is 6.36. The van der Waals surface area contributed by atoms with Gasteiger partial charge in [-0.2, -0.15) is 0 Å². The first-order valence-electron chi connectivity index (χ1n) is 7.31. The van der Waals surface area contributed by atoms with Crippen LogP contribution in [0.25, 0.3) is 0 Å². The molecule has 110 valence electrons. The van der Waals surface area contributed by atoms with Crippen LogP contribution in [0.3, 0.4) is 0 Å². The molecule has 1 aliphatic carbocycles. The molecule has 1 saturated carbocycles. The van der Waals surface area contributed by atoms with E-state index in [1.807, 2.05) is 18.2 Å². The lowest BCUT2D eigenvalue weighted by Crippen LogP contribution is -2.30. The van der Waals surface area contributed by atoms with E-state index in [1.54, 1.807) is 0 Å². The van der Waals surface area contributed by atoms with E-state index in [0.717, 1.165) is 22.4 Å². The van der Waals surface area contributed by atoms with Gasteiger partial charge in [-0.15, -0.1) is 11.8 Å².